The van der Waals surface area contributed by atoms with Gasteiger partial charge >= 0.3 is 5.97 Å². The molecule has 2 atom stereocenters. The summed E-state index contributed by atoms with van der Waals surface area (Å²) in [5.74, 6) is -1.45. The molecule has 7 nitrogen and oxygen atoms in total. The van der Waals surface area contributed by atoms with E-state index in [2.05, 4.69) is 6.92 Å². The van der Waals surface area contributed by atoms with Gasteiger partial charge in [0.05, 0.1) is 23.7 Å². The van der Waals surface area contributed by atoms with Gasteiger partial charge < -0.3 is 15.1 Å². The lowest BCUT2D eigenvalue weighted by Crippen LogP contribution is -2.36. The molecule has 0 saturated carbocycles. The summed E-state index contributed by atoms with van der Waals surface area (Å²) in [4.78, 5) is 24.0. The monoisotopic (exact) mass is 389 g/mol. The molecule has 150 valence electrons. The van der Waals surface area contributed by atoms with E-state index in [1.54, 1.807) is 17.1 Å². The quantitative estimate of drug-likeness (QED) is 0.367. The first-order chi connectivity index (χ1) is 12.2. The van der Waals surface area contributed by atoms with Gasteiger partial charge in [-0.2, -0.15) is 0 Å². The van der Waals surface area contributed by atoms with E-state index in [1.165, 1.54) is 0 Å². The topological polar surface area (TPSA) is 112 Å². The molecule has 1 amide bonds. The maximum Gasteiger partial charge on any atom is 0.303 e. The maximum atomic E-state index is 12.0. The molecule has 0 aromatic rings. The average molecular weight is 390 g/mol. The molecular weight excluding hydrogens is 358 g/mol. The fourth-order valence-electron chi connectivity index (χ4n) is 2.99. The lowest BCUT2D eigenvalue weighted by molar-refractivity contribution is -0.137. The molecule has 0 aromatic carbocycles. The second-order valence-corrected chi connectivity index (χ2v) is 9.09. The Labute approximate surface area is 156 Å². The first-order valence-electron chi connectivity index (χ1n) is 9.33. The molecule has 0 aromatic heterocycles. The first kappa shape index (κ1) is 22.6. The highest BCUT2D eigenvalue weighted by Crippen LogP contribution is 2.20. The van der Waals surface area contributed by atoms with Gasteiger partial charge in [0.25, 0.3) is 0 Å². The molecule has 2 N–H and O–H groups in total. The molecule has 1 heterocycles. The van der Waals surface area contributed by atoms with E-state index >= 15 is 0 Å². The number of aliphatic carboxylic acids is 1. The minimum atomic E-state index is -3.39. The van der Waals surface area contributed by atoms with Crippen LogP contribution in [0.15, 0.2) is 12.2 Å². The molecule has 0 aliphatic carbocycles. The molecule has 0 radical (unpaired) electrons. The molecule has 1 aliphatic rings. The Kier molecular flexibility index (Phi) is 9.87. The van der Waals surface area contributed by atoms with Crippen LogP contribution in [0, 0.1) is 0 Å². The SMILES string of the molecule is CCCCCC(O)C=CC1CCC(=O)N1CCS(=O)(=O)CCCC(=O)O. The van der Waals surface area contributed by atoms with Crippen LogP contribution in [0.1, 0.15) is 58.3 Å². The number of carboxylic acids is 1. The Balaban J connectivity index is 2.50. The highest BCUT2D eigenvalue weighted by atomic mass is 32.2. The Bertz CT molecular complexity index is 586. The van der Waals surface area contributed by atoms with Gasteiger partial charge in [0, 0.05) is 19.4 Å². The largest absolute Gasteiger partial charge is 0.481 e. The summed E-state index contributed by atoms with van der Waals surface area (Å²) < 4.78 is 24.0. The van der Waals surface area contributed by atoms with Crippen molar-refractivity contribution in [2.45, 2.75) is 70.4 Å². The van der Waals surface area contributed by atoms with Crippen molar-refractivity contribution in [2.24, 2.45) is 0 Å². The molecule has 0 spiro atoms. The fraction of sp³-hybridized carbons (Fsp3) is 0.778. The number of unbranched alkanes of at least 4 members (excludes halogenated alkanes) is 2. The number of rotatable bonds is 13. The van der Waals surface area contributed by atoms with Gasteiger partial charge in [-0.25, -0.2) is 8.42 Å². The fourth-order valence-corrected chi connectivity index (χ4v) is 4.25. The van der Waals surface area contributed by atoms with Crippen molar-refractivity contribution in [1.29, 1.82) is 0 Å². The predicted molar refractivity (Wildman–Crippen MR) is 99.5 cm³/mol. The van der Waals surface area contributed by atoms with Crippen LogP contribution < -0.4 is 0 Å². The van der Waals surface area contributed by atoms with E-state index in [0.29, 0.717) is 19.3 Å². The van der Waals surface area contributed by atoms with Crippen LogP contribution in [-0.4, -0.2) is 65.6 Å². The number of aliphatic hydroxyl groups excluding tert-OH is 1. The Hall–Kier alpha value is -1.41. The van der Waals surface area contributed by atoms with Crippen LogP contribution in [-0.2, 0) is 19.4 Å². The third kappa shape index (κ3) is 8.80. The summed E-state index contributed by atoms with van der Waals surface area (Å²) in [6.45, 7) is 2.20. The Morgan fingerprint density at radius 2 is 2.04 bits per heavy atom. The van der Waals surface area contributed by atoms with Crippen LogP contribution >= 0.6 is 0 Å². The normalized spacial score (nSPS) is 19.4. The van der Waals surface area contributed by atoms with E-state index in [4.69, 9.17) is 5.11 Å². The van der Waals surface area contributed by atoms with Gasteiger partial charge in [-0.3, -0.25) is 9.59 Å². The van der Waals surface area contributed by atoms with Gasteiger partial charge in [0.2, 0.25) is 5.91 Å². The third-order valence-electron chi connectivity index (χ3n) is 4.52. The summed E-state index contributed by atoms with van der Waals surface area (Å²) in [5.41, 5.74) is 0. The number of hydrogen-bond acceptors (Lipinski definition) is 5. The second kappa shape index (κ2) is 11.3. The second-order valence-electron chi connectivity index (χ2n) is 6.79. The van der Waals surface area contributed by atoms with E-state index in [-0.39, 0.29) is 42.8 Å². The standard InChI is InChI=1S/C18H31NO6S/c1-2-3-4-6-16(20)10-8-15-9-11-17(21)19(15)12-14-26(24,25)13-5-7-18(22)23/h8,10,15-16,20H,2-7,9,11-14H2,1H3,(H,22,23). The van der Waals surface area contributed by atoms with Crippen molar-refractivity contribution in [3.05, 3.63) is 12.2 Å². The summed E-state index contributed by atoms with van der Waals surface area (Å²) in [7, 11) is -3.39. The Morgan fingerprint density at radius 3 is 2.69 bits per heavy atom. The number of aliphatic hydroxyl groups is 1. The lowest BCUT2D eigenvalue weighted by Gasteiger charge is -2.22. The van der Waals surface area contributed by atoms with Gasteiger partial charge in [0.15, 0.2) is 9.84 Å². The number of carbonyl (C=O) groups is 2. The number of nitrogens with zero attached hydrogens (tertiary/aromatic N) is 1. The van der Waals surface area contributed by atoms with Crippen molar-refractivity contribution in [3.63, 3.8) is 0 Å². The zero-order valence-electron chi connectivity index (χ0n) is 15.5. The molecule has 0 bridgehead atoms. The number of likely N-dealkylation sites (tertiary alicyclic amines) is 1. The molecule has 26 heavy (non-hydrogen) atoms. The van der Waals surface area contributed by atoms with Crippen LogP contribution in [0.4, 0.5) is 0 Å². The number of amides is 1. The Morgan fingerprint density at radius 1 is 1.31 bits per heavy atom. The maximum absolute atomic E-state index is 12.0. The van der Waals surface area contributed by atoms with Crippen molar-refractivity contribution < 1.29 is 28.2 Å². The summed E-state index contributed by atoms with van der Waals surface area (Å²) in [6.07, 6.45) is 7.65. The molecule has 1 aliphatic heterocycles. The van der Waals surface area contributed by atoms with Gasteiger partial charge in [0.1, 0.15) is 0 Å². The summed E-state index contributed by atoms with van der Waals surface area (Å²) in [6, 6.07) is -0.183. The molecule has 1 rings (SSSR count). The van der Waals surface area contributed by atoms with Crippen molar-refractivity contribution in [1.82, 2.24) is 4.90 Å². The van der Waals surface area contributed by atoms with Crippen LogP contribution in [0.3, 0.4) is 0 Å². The number of hydrogen-bond donors (Lipinski definition) is 2. The van der Waals surface area contributed by atoms with E-state index < -0.39 is 21.9 Å². The zero-order valence-corrected chi connectivity index (χ0v) is 16.3. The van der Waals surface area contributed by atoms with Crippen LogP contribution in [0.25, 0.3) is 0 Å². The molecular formula is C18H31NO6S. The van der Waals surface area contributed by atoms with E-state index in [0.717, 1.165) is 19.3 Å². The summed E-state index contributed by atoms with van der Waals surface area (Å²) in [5, 5.41) is 18.5. The predicted octanol–water partition coefficient (Wildman–Crippen LogP) is 1.75. The third-order valence-corrected chi connectivity index (χ3v) is 6.24. The highest BCUT2D eigenvalue weighted by molar-refractivity contribution is 7.91. The lowest BCUT2D eigenvalue weighted by atomic mass is 10.1. The molecule has 1 saturated heterocycles. The molecule has 8 heteroatoms. The van der Waals surface area contributed by atoms with Gasteiger partial charge in [-0.05, 0) is 19.3 Å². The zero-order chi connectivity index (χ0) is 19.6. The first-order valence-corrected chi connectivity index (χ1v) is 11.2. The van der Waals surface area contributed by atoms with Crippen LogP contribution in [0.2, 0.25) is 0 Å². The van der Waals surface area contributed by atoms with E-state index in [9.17, 15) is 23.1 Å². The minimum Gasteiger partial charge on any atom is -0.481 e. The van der Waals surface area contributed by atoms with Gasteiger partial charge in [-0.15, -0.1) is 0 Å². The number of sulfone groups is 1. The highest BCUT2D eigenvalue weighted by Gasteiger charge is 2.30. The van der Waals surface area contributed by atoms with Gasteiger partial charge in [-0.1, -0.05) is 38.3 Å². The molecule has 2 unspecified atom stereocenters. The van der Waals surface area contributed by atoms with Crippen molar-refractivity contribution >= 4 is 21.7 Å². The van der Waals surface area contributed by atoms with E-state index in [1.807, 2.05) is 0 Å². The summed E-state index contributed by atoms with van der Waals surface area (Å²) >= 11 is 0. The van der Waals surface area contributed by atoms with Crippen molar-refractivity contribution in [3.8, 4) is 0 Å². The number of carbonyl (C=O) groups excluding carboxylic acids is 1. The van der Waals surface area contributed by atoms with Crippen LogP contribution in [0.5, 0.6) is 0 Å². The molecule has 1 fully saturated rings. The van der Waals surface area contributed by atoms with Crippen molar-refractivity contribution in [2.75, 3.05) is 18.1 Å². The number of carboxylic acid groups (broad SMARTS) is 1. The average Bonchev–Trinajstić information content (AvgIpc) is 2.91. The smallest absolute Gasteiger partial charge is 0.303 e. The minimum absolute atomic E-state index is 0.0822.